The van der Waals surface area contributed by atoms with Crippen LogP contribution in [0.15, 0.2) is 15.8 Å². The van der Waals surface area contributed by atoms with E-state index in [1.54, 1.807) is 0 Å². The van der Waals surface area contributed by atoms with Crippen molar-refractivity contribution in [3.05, 3.63) is 37.1 Å². The summed E-state index contributed by atoms with van der Waals surface area (Å²) in [5.41, 5.74) is -2.41. The first-order valence-electron chi connectivity index (χ1n) is 6.98. The van der Waals surface area contributed by atoms with Crippen molar-refractivity contribution in [1.29, 1.82) is 0 Å². The fourth-order valence-electron chi connectivity index (χ4n) is 2.66. The maximum atomic E-state index is 11.9. The van der Waals surface area contributed by atoms with Crippen molar-refractivity contribution in [2.45, 2.75) is 46.1 Å². The van der Waals surface area contributed by atoms with Gasteiger partial charge in [0.25, 0.3) is 0 Å². The molecule has 1 aromatic rings. The topological polar surface area (TPSA) is 98.0 Å². The molecular weight excluding hydrogens is 294 g/mol. The van der Waals surface area contributed by atoms with Crippen molar-refractivity contribution in [1.82, 2.24) is 9.55 Å². The van der Waals surface area contributed by atoms with Gasteiger partial charge in [-0.3, -0.25) is 24.5 Å². The Morgan fingerprint density at radius 3 is 2.33 bits per heavy atom. The lowest BCUT2D eigenvalue weighted by atomic mass is 9.81. The van der Waals surface area contributed by atoms with E-state index in [9.17, 15) is 19.7 Å². The Morgan fingerprint density at radius 1 is 1.33 bits per heavy atom. The van der Waals surface area contributed by atoms with Crippen LogP contribution >= 0.6 is 12.6 Å². The van der Waals surface area contributed by atoms with Crippen molar-refractivity contribution in [3.63, 3.8) is 0 Å². The van der Waals surface area contributed by atoms with Gasteiger partial charge in [0.1, 0.15) is 0 Å². The summed E-state index contributed by atoms with van der Waals surface area (Å²) < 4.78 is 1.22. The number of hydrogen-bond donors (Lipinski definition) is 2. The predicted molar refractivity (Wildman–Crippen MR) is 84.1 cm³/mol. The molecule has 0 aromatic carbocycles. The molecule has 0 amide bonds. The van der Waals surface area contributed by atoms with Crippen LogP contribution in [0.2, 0.25) is 0 Å². The minimum absolute atomic E-state index is 0.206. The molecule has 0 saturated carbocycles. The summed E-state index contributed by atoms with van der Waals surface area (Å²) in [7, 11) is 0. The zero-order valence-electron chi connectivity index (χ0n) is 12.3. The molecule has 21 heavy (non-hydrogen) atoms. The number of nitrogens with zero attached hydrogens (tertiary/aromatic N) is 2. The first-order valence-corrected chi connectivity index (χ1v) is 7.61. The third-order valence-electron chi connectivity index (χ3n) is 3.59. The number of rotatable bonds is 8. The van der Waals surface area contributed by atoms with Gasteiger partial charge in [-0.2, -0.15) is 12.6 Å². The molecule has 118 valence electrons. The fraction of sp³-hybridized carbons (Fsp3) is 0.692. The quantitative estimate of drug-likeness (QED) is 0.435. The molecule has 0 atom stereocenters. The average Bonchev–Trinajstić information content (AvgIpc) is 2.41. The van der Waals surface area contributed by atoms with E-state index in [0.29, 0.717) is 12.3 Å². The lowest BCUT2D eigenvalue weighted by molar-refractivity contribution is -0.386. The van der Waals surface area contributed by atoms with Gasteiger partial charge in [-0.15, -0.1) is 0 Å². The number of nitro groups is 1. The van der Waals surface area contributed by atoms with Crippen LogP contribution in [0, 0.1) is 15.5 Å². The molecule has 8 heteroatoms. The number of thiol groups is 1. The van der Waals surface area contributed by atoms with Gasteiger partial charge in [0.2, 0.25) is 0 Å². The summed E-state index contributed by atoms with van der Waals surface area (Å²) in [6, 6.07) is 0. The zero-order valence-corrected chi connectivity index (χ0v) is 13.2. The van der Waals surface area contributed by atoms with E-state index in [4.69, 9.17) is 0 Å². The van der Waals surface area contributed by atoms with Gasteiger partial charge in [0.15, 0.2) is 0 Å². The summed E-state index contributed by atoms with van der Waals surface area (Å²) in [5.74, 6) is 0.577. The summed E-state index contributed by atoms with van der Waals surface area (Å²) >= 11 is 4.40. The number of hydrogen-bond acceptors (Lipinski definition) is 5. The monoisotopic (exact) mass is 315 g/mol. The fourth-order valence-corrected chi connectivity index (χ4v) is 3.07. The smallest absolute Gasteiger partial charge is 0.293 e. The van der Waals surface area contributed by atoms with E-state index in [1.165, 1.54) is 4.57 Å². The molecule has 0 saturated heterocycles. The number of aromatic amines is 1. The average molecular weight is 315 g/mol. The summed E-state index contributed by atoms with van der Waals surface area (Å²) in [4.78, 5) is 35.3. The Balaban J connectivity index is 3.26. The molecule has 1 aromatic heterocycles. The van der Waals surface area contributed by atoms with Crippen molar-refractivity contribution in [2.75, 3.05) is 5.75 Å². The Labute approximate surface area is 127 Å². The minimum Gasteiger partial charge on any atom is -0.293 e. The highest BCUT2D eigenvalue weighted by molar-refractivity contribution is 7.80. The minimum atomic E-state index is -0.969. The molecule has 0 aliphatic carbocycles. The Morgan fingerprint density at radius 2 is 1.90 bits per heavy atom. The van der Waals surface area contributed by atoms with Gasteiger partial charge in [0.05, 0.1) is 11.1 Å². The normalized spacial score (nSPS) is 11.6. The molecule has 0 aliphatic heterocycles. The number of nitrogens with one attached hydrogen (secondary N) is 1. The molecular formula is C13H21N3O4S. The van der Waals surface area contributed by atoms with Crippen LogP contribution in [-0.2, 0) is 6.54 Å². The summed E-state index contributed by atoms with van der Waals surface area (Å²) in [6.45, 7) is 4.41. The second-order valence-corrected chi connectivity index (χ2v) is 5.63. The van der Waals surface area contributed by atoms with E-state index in [1.807, 2.05) is 18.8 Å². The molecule has 7 nitrogen and oxygen atoms in total. The van der Waals surface area contributed by atoms with Crippen molar-refractivity contribution < 1.29 is 4.92 Å². The van der Waals surface area contributed by atoms with E-state index in [-0.39, 0.29) is 5.41 Å². The third-order valence-corrected chi connectivity index (χ3v) is 4.26. The standard InChI is InChI=1S/C13H21N3O4S/c1-3-5-13(9-21,6-4-2)8-15-7-10(16(19)20)11(17)14-12(15)18/h7,21H,3-6,8-9H2,1-2H3,(H,14,17,18). The van der Waals surface area contributed by atoms with Crippen LogP contribution < -0.4 is 11.2 Å². The lowest BCUT2D eigenvalue weighted by Gasteiger charge is -2.32. The maximum absolute atomic E-state index is 11.9. The number of H-pyrrole nitrogens is 1. The van der Waals surface area contributed by atoms with Crippen LogP contribution in [0.3, 0.4) is 0 Å². The molecule has 0 radical (unpaired) electrons. The first-order chi connectivity index (χ1) is 9.89. The molecule has 1 rings (SSSR count). The van der Waals surface area contributed by atoms with Gasteiger partial charge in [-0.25, -0.2) is 4.79 Å². The largest absolute Gasteiger partial charge is 0.350 e. The molecule has 1 N–H and O–H groups in total. The highest BCUT2D eigenvalue weighted by Crippen LogP contribution is 2.33. The van der Waals surface area contributed by atoms with Gasteiger partial charge in [0, 0.05) is 6.54 Å². The first kappa shape index (κ1) is 17.5. The van der Waals surface area contributed by atoms with Crippen LogP contribution in [0.5, 0.6) is 0 Å². The molecule has 0 aliphatic rings. The van der Waals surface area contributed by atoms with E-state index in [0.717, 1.165) is 31.9 Å². The highest BCUT2D eigenvalue weighted by Gasteiger charge is 2.29. The Hall–Kier alpha value is -1.57. The lowest BCUT2D eigenvalue weighted by Crippen LogP contribution is -2.37. The Kier molecular flexibility index (Phi) is 6.19. The maximum Gasteiger partial charge on any atom is 0.350 e. The van der Waals surface area contributed by atoms with Gasteiger partial charge >= 0.3 is 16.9 Å². The van der Waals surface area contributed by atoms with Gasteiger partial charge in [-0.05, 0) is 24.0 Å². The molecule has 1 heterocycles. The van der Waals surface area contributed by atoms with Crippen LogP contribution in [0.1, 0.15) is 39.5 Å². The van der Waals surface area contributed by atoms with Crippen LogP contribution in [0.4, 0.5) is 5.69 Å². The molecule has 0 bridgehead atoms. The highest BCUT2D eigenvalue weighted by atomic mass is 32.1. The second kappa shape index (κ2) is 7.44. The molecule has 0 spiro atoms. The van der Waals surface area contributed by atoms with E-state index < -0.39 is 21.9 Å². The SMILES string of the molecule is CCCC(CS)(CCC)Cn1cc([N+](=O)[O-])c(=O)[nH]c1=O. The van der Waals surface area contributed by atoms with Crippen LogP contribution in [0.25, 0.3) is 0 Å². The van der Waals surface area contributed by atoms with Gasteiger partial charge in [-0.1, -0.05) is 26.7 Å². The van der Waals surface area contributed by atoms with Crippen molar-refractivity contribution in [3.8, 4) is 0 Å². The van der Waals surface area contributed by atoms with Crippen molar-refractivity contribution >= 4 is 18.3 Å². The molecule has 0 fully saturated rings. The van der Waals surface area contributed by atoms with Gasteiger partial charge < -0.3 is 0 Å². The zero-order chi connectivity index (χ0) is 16.0. The van der Waals surface area contributed by atoms with Crippen molar-refractivity contribution in [2.24, 2.45) is 5.41 Å². The third kappa shape index (κ3) is 4.20. The van der Waals surface area contributed by atoms with E-state index >= 15 is 0 Å². The summed E-state index contributed by atoms with van der Waals surface area (Å²) in [5, 5.41) is 10.8. The number of aromatic nitrogens is 2. The second-order valence-electron chi connectivity index (χ2n) is 5.32. The van der Waals surface area contributed by atoms with Crippen LogP contribution in [-0.4, -0.2) is 20.2 Å². The van der Waals surface area contributed by atoms with E-state index in [2.05, 4.69) is 12.6 Å². The Bertz CT molecular complexity index is 602. The summed E-state index contributed by atoms with van der Waals surface area (Å²) in [6.07, 6.45) is 4.62. The predicted octanol–water partition coefficient (Wildman–Crippen LogP) is 1.96. The molecule has 0 unspecified atom stereocenters.